The second-order valence-electron chi connectivity index (χ2n) is 7.72. The minimum absolute atomic E-state index is 0.0799. The highest BCUT2D eigenvalue weighted by molar-refractivity contribution is 6.43. The molecule has 0 saturated heterocycles. The fourth-order valence-corrected chi connectivity index (χ4v) is 3.77. The smallest absolute Gasteiger partial charge is 0.295 e. The number of ketones is 1. The first kappa shape index (κ1) is 23.7. The van der Waals surface area contributed by atoms with E-state index in [2.05, 4.69) is 20.9 Å². The molecule has 0 atom stereocenters. The number of halogens is 3. The highest BCUT2D eigenvalue weighted by Gasteiger charge is 2.31. The SMILES string of the molecule is Cc1nn(-c2cccc(C(F)(F)F)c2)c(C)c1C(=O)C(=O)NNC(=O)c1c(C)nc2ccccn12. The van der Waals surface area contributed by atoms with Gasteiger partial charge in [-0.15, -0.1) is 0 Å². The molecule has 3 heterocycles. The zero-order valence-corrected chi connectivity index (χ0v) is 18.8. The van der Waals surface area contributed by atoms with Crippen molar-refractivity contribution in [3.63, 3.8) is 0 Å². The Hall–Kier alpha value is -4.48. The van der Waals surface area contributed by atoms with Crippen LogP contribution in [0.1, 0.15) is 43.5 Å². The number of fused-ring (bicyclic) bond motifs is 1. The van der Waals surface area contributed by atoms with Crippen molar-refractivity contribution in [3.8, 4) is 5.69 Å². The fraction of sp³-hybridized carbons (Fsp3) is 0.174. The second kappa shape index (κ2) is 8.70. The highest BCUT2D eigenvalue weighted by atomic mass is 19.4. The lowest BCUT2D eigenvalue weighted by Gasteiger charge is -2.10. The lowest BCUT2D eigenvalue weighted by atomic mass is 10.1. The van der Waals surface area contributed by atoms with Gasteiger partial charge in [-0.05, 0) is 51.1 Å². The molecule has 0 aliphatic carbocycles. The molecule has 4 rings (SSSR count). The van der Waals surface area contributed by atoms with Crippen LogP contribution in [0.5, 0.6) is 0 Å². The molecule has 35 heavy (non-hydrogen) atoms. The van der Waals surface area contributed by atoms with E-state index in [0.29, 0.717) is 11.3 Å². The van der Waals surface area contributed by atoms with Crippen molar-refractivity contribution >= 4 is 23.2 Å². The van der Waals surface area contributed by atoms with Crippen LogP contribution in [-0.4, -0.2) is 36.8 Å². The van der Waals surface area contributed by atoms with Gasteiger partial charge in [-0.1, -0.05) is 12.1 Å². The molecule has 0 saturated carbocycles. The summed E-state index contributed by atoms with van der Waals surface area (Å²) in [5, 5.41) is 4.14. The van der Waals surface area contributed by atoms with Crippen molar-refractivity contribution in [3.05, 3.63) is 82.6 Å². The van der Waals surface area contributed by atoms with E-state index in [1.54, 1.807) is 31.3 Å². The molecule has 9 nitrogen and oxygen atoms in total. The van der Waals surface area contributed by atoms with E-state index in [4.69, 9.17) is 0 Å². The van der Waals surface area contributed by atoms with Gasteiger partial charge in [0.05, 0.1) is 33.9 Å². The molecular formula is C23H19F3N6O3. The van der Waals surface area contributed by atoms with E-state index in [1.807, 2.05) is 0 Å². The first-order valence-electron chi connectivity index (χ1n) is 10.3. The van der Waals surface area contributed by atoms with Crippen molar-refractivity contribution in [2.24, 2.45) is 0 Å². The van der Waals surface area contributed by atoms with Gasteiger partial charge in [0.2, 0.25) is 0 Å². The molecule has 0 aliphatic heterocycles. The largest absolute Gasteiger partial charge is 0.416 e. The third kappa shape index (κ3) is 4.37. The van der Waals surface area contributed by atoms with Crippen LogP contribution in [0.2, 0.25) is 0 Å². The molecule has 1 aromatic carbocycles. The summed E-state index contributed by atoms with van der Waals surface area (Å²) >= 11 is 0. The van der Waals surface area contributed by atoms with E-state index in [9.17, 15) is 27.6 Å². The summed E-state index contributed by atoms with van der Waals surface area (Å²) in [7, 11) is 0. The van der Waals surface area contributed by atoms with Crippen LogP contribution in [0, 0.1) is 20.8 Å². The molecule has 4 aromatic rings. The van der Waals surface area contributed by atoms with Crippen LogP contribution in [0.4, 0.5) is 13.2 Å². The van der Waals surface area contributed by atoms with Gasteiger partial charge in [0.1, 0.15) is 11.3 Å². The summed E-state index contributed by atoms with van der Waals surface area (Å²) in [6.07, 6.45) is -2.92. The first-order valence-corrected chi connectivity index (χ1v) is 10.3. The van der Waals surface area contributed by atoms with Gasteiger partial charge in [0.15, 0.2) is 0 Å². The van der Waals surface area contributed by atoms with Crippen molar-refractivity contribution in [2.75, 3.05) is 0 Å². The number of rotatable bonds is 4. The maximum absolute atomic E-state index is 13.1. The van der Waals surface area contributed by atoms with Crippen LogP contribution in [0.25, 0.3) is 11.3 Å². The van der Waals surface area contributed by atoms with E-state index < -0.39 is 29.3 Å². The molecule has 0 spiro atoms. The Kier molecular flexibility index (Phi) is 5.89. The quantitative estimate of drug-likeness (QED) is 0.263. The maximum Gasteiger partial charge on any atom is 0.416 e. The van der Waals surface area contributed by atoms with Crippen LogP contribution in [-0.2, 0) is 11.0 Å². The number of imidazole rings is 1. The Morgan fingerprint density at radius 3 is 2.40 bits per heavy atom. The summed E-state index contributed by atoms with van der Waals surface area (Å²) in [4.78, 5) is 42.2. The van der Waals surface area contributed by atoms with E-state index in [0.717, 1.165) is 16.8 Å². The molecular weight excluding hydrogens is 465 g/mol. The number of alkyl halides is 3. The van der Waals surface area contributed by atoms with Gasteiger partial charge in [-0.3, -0.25) is 29.6 Å². The third-order valence-electron chi connectivity index (χ3n) is 5.35. The zero-order valence-electron chi connectivity index (χ0n) is 18.8. The number of nitrogens with one attached hydrogen (secondary N) is 2. The number of carbonyl (C=O) groups is 3. The van der Waals surface area contributed by atoms with Crippen molar-refractivity contribution < 1.29 is 27.6 Å². The number of hydrogen-bond donors (Lipinski definition) is 2. The topological polar surface area (TPSA) is 110 Å². The van der Waals surface area contributed by atoms with Crippen molar-refractivity contribution in [2.45, 2.75) is 26.9 Å². The Morgan fingerprint density at radius 1 is 0.943 bits per heavy atom. The molecule has 180 valence electrons. The molecule has 0 fully saturated rings. The second-order valence-corrected chi connectivity index (χ2v) is 7.72. The number of aryl methyl sites for hydroxylation is 2. The molecule has 0 radical (unpaired) electrons. The molecule has 0 aliphatic rings. The minimum Gasteiger partial charge on any atom is -0.295 e. The summed E-state index contributed by atoms with van der Waals surface area (Å²) in [6, 6.07) is 9.62. The normalized spacial score (nSPS) is 11.5. The molecule has 2 N–H and O–H groups in total. The number of amides is 2. The number of pyridine rings is 1. The zero-order chi connectivity index (χ0) is 25.5. The monoisotopic (exact) mass is 484 g/mol. The number of nitrogens with zero attached hydrogens (tertiary/aromatic N) is 4. The molecule has 2 amide bonds. The molecule has 12 heteroatoms. The standard InChI is InChI=1S/C23H19F3N6O3/c1-12-18(14(3)32(30-12)16-8-6-7-15(11-16)23(24,25)26)20(33)22(35)29-28-21(34)19-13(2)27-17-9-4-5-10-31(17)19/h4-11H,1-3H3,(H,28,34)(H,29,35). The van der Waals surface area contributed by atoms with E-state index >= 15 is 0 Å². The number of hydrazine groups is 1. The Bertz CT molecular complexity index is 1490. The maximum atomic E-state index is 13.1. The lowest BCUT2D eigenvalue weighted by Crippen LogP contribution is -2.45. The lowest BCUT2D eigenvalue weighted by molar-refractivity contribution is -0.137. The summed E-state index contributed by atoms with van der Waals surface area (Å²) < 4.78 is 42.0. The summed E-state index contributed by atoms with van der Waals surface area (Å²) in [5.41, 5.74) is 4.84. The minimum atomic E-state index is -4.55. The number of Topliss-reactive ketones (excluding diaryl/α,β-unsaturated/α-hetero) is 1. The van der Waals surface area contributed by atoms with E-state index in [-0.39, 0.29) is 28.3 Å². The third-order valence-corrected chi connectivity index (χ3v) is 5.35. The van der Waals surface area contributed by atoms with Crippen molar-refractivity contribution in [1.82, 2.24) is 30.0 Å². The average molecular weight is 484 g/mol. The fourth-order valence-electron chi connectivity index (χ4n) is 3.77. The van der Waals surface area contributed by atoms with Gasteiger partial charge < -0.3 is 0 Å². The number of aromatic nitrogens is 4. The average Bonchev–Trinajstić information content (AvgIpc) is 3.31. The summed E-state index contributed by atoms with van der Waals surface area (Å²) in [5.74, 6) is -2.83. The summed E-state index contributed by atoms with van der Waals surface area (Å²) in [6.45, 7) is 4.54. The van der Waals surface area contributed by atoms with Crippen LogP contribution in [0.15, 0.2) is 48.7 Å². The van der Waals surface area contributed by atoms with Gasteiger partial charge in [-0.2, -0.15) is 18.3 Å². The number of benzene rings is 1. The number of carbonyl (C=O) groups excluding carboxylic acids is 3. The predicted molar refractivity (Wildman–Crippen MR) is 118 cm³/mol. The van der Waals surface area contributed by atoms with Crippen LogP contribution < -0.4 is 10.9 Å². The Balaban J connectivity index is 1.54. The van der Waals surface area contributed by atoms with Gasteiger partial charge in [0.25, 0.3) is 11.7 Å². The Labute approximate surface area is 196 Å². The molecule has 3 aromatic heterocycles. The van der Waals surface area contributed by atoms with Crippen molar-refractivity contribution in [1.29, 1.82) is 0 Å². The van der Waals surface area contributed by atoms with Crippen LogP contribution in [0.3, 0.4) is 0 Å². The Morgan fingerprint density at radius 2 is 1.69 bits per heavy atom. The first-order chi connectivity index (χ1) is 16.5. The highest BCUT2D eigenvalue weighted by Crippen LogP contribution is 2.31. The van der Waals surface area contributed by atoms with Gasteiger partial charge >= 0.3 is 12.1 Å². The molecule has 0 bridgehead atoms. The van der Waals surface area contributed by atoms with Gasteiger partial charge in [0, 0.05) is 6.20 Å². The van der Waals surface area contributed by atoms with E-state index in [1.165, 1.54) is 30.4 Å². The van der Waals surface area contributed by atoms with Gasteiger partial charge in [-0.25, -0.2) is 9.67 Å². The molecule has 0 unspecified atom stereocenters. The predicted octanol–water partition coefficient (Wildman–Crippen LogP) is 3.11. The number of hydrogen-bond acceptors (Lipinski definition) is 5. The van der Waals surface area contributed by atoms with Crippen LogP contribution >= 0.6 is 0 Å².